The molecule has 0 aliphatic heterocycles. The van der Waals surface area contributed by atoms with Gasteiger partial charge in [0.15, 0.2) is 0 Å². The number of hydrogen-bond donors (Lipinski definition) is 3. The van der Waals surface area contributed by atoms with Crippen LogP contribution in [0.3, 0.4) is 0 Å². The molecule has 0 spiro atoms. The summed E-state index contributed by atoms with van der Waals surface area (Å²) in [5.41, 5.74) is 9.18. The molecule has 23 heavy (non-hydrogen) atoms. The van der Waals surface area contributed by atoms with Gasteiger partial charge in [-0.05, 0) is 17.7 Å². The normalized spacial score (nSPS) is 10.7. The minimum absolute atomic E-state index is 0.0397. The quantitative estimate of drug-likeness (QED) is 0.371. The lowest BCUT2D eigenvalue weighted by Crippen LogP contribution is -2.21. The Balaban J connectivity index is 2.38. The van der Waals surface area contributed by atoms with E-state index in [2.05, 4.69) is 10.4 Å². The Morgan fingerprint density at radius 2 is 2.09 bits per heavy atom. The van der Waals surface area contributed by atoms with Crippen molar-refractivity contribution < 1.29 is 9.15 Å². The Labute approximate surface area is 139 Å². The molecule has 0 saturated heterocycles. The third-order valence-corrected chi connectivity index (χ3v) is 4.40. The van der Waals surface area contributed by atoms with Crippen LogP contribution in [-0.2, 0) is 0 Å². The van der Waals surface area contributed by atoms with Crippen LogP contribution < -0.4 is 27.4 Å². The first-order valence-corrected chi connectivity index (χ1v) is 7.66. The Hall–Kier alpha value is -2.49. The molecule has 3 aromatic rings. The number of rotatable bonds is 4. The number of nitrogens with zero attached hydrogens (tertiary/aromatic N) is 1. The van der Waals surface area contributed by atoms with Gasteiger partial charge in [0.2, 0.25) is 10.8 Å². The van der Waals surface area contributed by atoms with Gasteiger partial charge in [0, 0.05) is 5.56 Å². The summed E-state index contributed by atoms with van der Waals surface area (Å²) in [6, 6.07) is 7.18. The lowest BCUT2D eigenvalue weighted by Gasteiger charge is -2.08. The number of nitrogens with one attached hydrogen (secondary N) is 1. The van der Waals surface area contributed by atoms with Crippen LogP contribution in [0.5, 0.6) is 5.75 Å². The van der Waals surface area contributed by atoms with Gasteiger partial charge in [0.25, 0.3) is 0 Å². The Morgan fingerprint density at radius 1 is 1.39 bits per heavy atom. The molecule has 0 radical (unpaired) electrons. The molecule has 7 nitrogen and oxygen atoms in total. The van der Waals surface area contributed by atoms with E-state index in [1.165, 1.54) is 11.3 Å². The fraction of sp³-hybridized carbons (Fsp3) is 0.0714. The van der Waals surface area contributed by atoms with Crippen LogP contribution in [0.1, 0.15) is 5.56 Å². The van der Waals surface area contributed by atoms with Crippen molar-refractivity contribution in [2.45, 2.75) is 0 Å². The van der Waals surface area contributed by atoms with Gasteiger partial charge in [0.05, 0.1) is 7.11 Å². The van der Waals surface area contributed by atoms with Gasteiger partial charge >= 0.3 is 5.63 Å². The van der Waals surface area contributed by atoms with Crippen LogP contribution in [0.4, 0.5) is 5.13 Å². The minimum Gasteiger partial charge on any atom is -0.497 e. The highest BCUT2D eigenvalue weighted by atomic mass is 32.1. The lowest BCUT2D eigenvalue weighted by atomic mass is 10.0. The molecular formula is C14H12N4O3S2. The molecule has 5 N–H and O–H groups in total. The molecule has 0 aliphatic rings. The number of nitrogens with two attached hydrogens (primary N) is 2. The van der Waals surface area contributed by atoms with Gasteiger partial charge in [-0.15, -0.1) is 0 Å². The van der Waals surface area contributed by atoms with E-state index in [0.717, 1.165) is 5.56 Å². The number of aromatic nitrogens is 1. The standard InChI is InChI=1S/C14H12N4O3S2/c1-20-7-4-2-6(3-5-7)8-9(11(15)22)13(19)21-12-10(8)23-14(17-12)18-16/h2-5H,16H2,1H3,(H2,15,22)(H,17,18). The van der Waals surface area contributed by atoms with E-state index in [1.54, 1.807) is 19.2 Å². The Kier molecular flexibility index (Phi) is 3.99. The molecule has 0 atom stereocenters. The zero-order chi connectivity index (χ0) is 16.6. The molecule has 9 heteroatoms. The van der Waals surface area contributed by atoms with Gasteiger partial charge in [0.1, 0.15) is 21.0 Å². The average Bonchev–Trinajstić information content (AvgIpc) is 2.96. The highest BCUT2D eigenvalue weighted by molar-refractivity contribution is 7.80. The number of ether oxygens (including phenoxy) is 1. The van der Waals surface area contributed by atoms with E-state index in [9.17, 15) is 4.79 Å². The van der Waals surface area contributed by atoms with Crippen molar-refractivity contribution in [3.05, 3.63) is 40.2 Å². The maximum absolute atomic E-state index is 12.2. The molecule has 2 heterocycles. The lowest BCUT2D eigenvalue weighted by molar-refractivity contribution is 0.415. The molecule has 1 aromatic carbocycles. The van der Waals surface area contributed by atoms with Crippen molar-refractivity contribution in [1.82, 2.24) is 4.98 Å². The highest BCUT2D eigenvalue weighted by Gasteiger charge is 2.21. The molecule has 0 fully saturated rings. The van der Waals surface area contributed by atoms with E-state index < -0.39 is 5.63 Å². The summed E-state index contributed by atoms with van der Waals surface area (Å²) in [6.45, 7) is 0. The first-order chi connectivity index (χ1) is 11.0. The minimum atomic E-state index is -0.635. The predicted molar refractivity (Wildman–Crippen MR) is 93.8 cm³/mol. The van der Waals surface area contributed by atoms with Crippen molar-refractivity contribution in [1.29, 1.82) is 0 Å². The number of thiazole rings is 1. The van der Waals surface area contributed by atoms with Crippen LogP contribution in [0.25, 0.3) is 21.5 Å². The summed E-state index contributed by atoms with van der Waals surface area (Å²) in [6.07, 6.45) is 0. The van der Waals surface area contributed by atoms with Gasteiger partial charge < -0.3 is 14.9 Å². The summed E-state index contributed by atoms with van der Waals surface area (Å²) in [5.74, 6) is 6.08. The molecule has 3 rings (SSSR count). The molecule has 0 aliphatic carbocycles. The van der Waals surface area contributed by atoms with Crippen LogP contribution in [0, 0.1) is 0 Å². The zero-order valence-electron chi connectivity index (χ0n) is 12.0. The van der Waals surface area contributed by atoms with Gasteiger partial charge in [-0.2, -0.15) is 4.98 Å². The zero-order valence-corrected chi connectivity index (χ0v) is 13.6. The fourth-order valence-corrected chi connectivity index (χ4v) is 3.27. The number of methoxy groups -OCH3 is 1. The third kappa shape index (κ3) is 2.65. The number of hydrogen-bond acceptors (Lipinski definition) is 8. The van der Waals surface area contributed by atoms with Gasteiger partial charge in [-0.25, -0.2) is 10.6 Å². The van der Waals surface area contributed by atoms with Crippen molar-refractivity contribution in [2.75, 3.05) is 12.5 Å². The van der Waals surface area contributed by atoms with Crippen molar-refractivity contribution >= 4 is 44.1 Å². The van der Waals surface area contributed by atoms with Gasteiger partial charge in [-0.1, -0.05) is 35.7 Å². The number of fused-ring (bicyclic) bond motifs is 1. The highest BCUT2D eigenvalue weighted by Crippen LogP contribution is 2.36. The van der Waals surface area contributed by atoms with Crippen LogP contribution in [0.15, 0.2) is 33.5 Å². The van der Waals surface area contributed by atoms with Crippen LogP contribution >= 0.6 is 23.6 Å². The van der Waals surface area contributed by atoms with E-state index >= 15 is 0 Å². The van der Waals surface area contributed by atoms with E-state index in [0.29, 0.717) is 21.1 Å². The first kappa shape index (κ1) is 15.4. The van der Waals surface area contributed by atoms with E-state index in [-0.39, 0.29) is 16.3 Å². The molecular weight excluding hydrogens is 336 g/mol. The van der Waals surface area contributed by atoms with Crippen molar-refractivity contribution in [3.63, 3.8) is 0 Å². The van der Waals surface area contributed by atoms with Crippen molar-refractivity contribution in [2.24, 2.45) is 11.6 Å². The van der Waals surface area contributed by atoms with E-state index in [4.69, 9.17) is 32.9 Å². The smallest absolute Gasteiger partial charge is 0.348 e. The molecule has 0 bridgehead atoms. The summed E-state index contributed by atoms with van der Waals surface area (Å²) in [5, 5.41) is 0.415. The monoisotopic (exact) mass is 348 g/mol. The summed E-state index contributed by atoms with van der Waals surface area (Å²) < 4.78 is 11.0. The number of hydrazine groups is 1. The molecule has 0 saturated carbocycles. The summed E-state index contributed by atoms with van der Waals surface area (Å²) in [7, 11) is 1.58. The maximum Gasteiger partial charge on any atom is 0.348 e. The molecule has 0 unspecified atom stereocenters. The first-order valence-electron chi connectivity index (χ1n) is 6.43. The largest absolute Gasteiger partial charge is 0.497 e. The van der Waals surface area contributed by atoms with Crippen molar-refractivity contribution in [3.8, 4) is 16.9 Å². The topological polar surface area (TPSA) is 116 Å². The van der Waals surface area contributed by atoms with Crippen LogP contribution in [-0.4, -0.2) is 17.1 Å². The Morgan fingerprint density at radius 3 is 2.65 bits per heavy atom. The fourth-order valence-electron chi connectivity index (χ4n) is 2.21. The second-order valence-electron chi connectivity index (χ2n) is 4.53. The number of anilines is 1. The maximum atomic E-state index is 12.2. The second-order valence-corrected chi connectivity index (χ2v) is 5.97. The molecule has 0 amide bonds. The summed E-state index contributed by atoms with van der Waals surface area (Å²) >= 11 is 6.26. The van der Waals surface area contributed by atoms with E-state index in [1.807, 2.05) is 12.1 Å². The predicted octanol–water partition coefficient (Wildman–Crippen LogP) is 1.84. The Bertz CT molecular complexity index is 947. The SMILES string of the molecule is COc1ccc(-c2c(C(N)=S)c(=O)oc3nc(NN)sc23)cc1. The number of benzene rings is 1. The second kappa shape index (κ2) is 5.95. The molecule has 118 valence electrons. The average molecular weight is 348 g/mol. The number of thiocarbonyl (C=S) groups is 1. The van der Waals surface area contributed by atoms with Gasteiger partial charge in [-0.3, -0.25) is 5.43 Å². The molecule has 2 aromatic heterocycles. The number of nitrogen functional groups attached to an aromatic ring is 1. The third-order valence-electron chi connectivity index (χ3n) is 3.22. The summed E-state index contributed by atoms with van der Waals surface area (Å²) in [4.78, 5) is 16.3. The van der Waals surface area contributed by atoms with Crippen LogP contribution in [0.2, 0.25) is 0 Å².